The first kappa shape index (κ1) is 20.3. The molecule has 0 radical (unpaired) electrons. The summed E-state index contributed by atoms with van der Waals surface area (Å²) in [4.78, 5) is 27.5. The number of benzene rings is 2. The molecule has 2 aromatic carbocycles. The molecule has 31 heavy (non-hydrogen) atoms. The molecule has 0 aliphatic rings. The van der Waals surface area contributed by atoms with Crippen LogP contribution in [0.1, 0.15) is 27.4 Å². The SMILES string of the molecule is COc1ccc([C@@H](CNC(=O)COC(=O)c2ccoc2)c2c[nH]c3ccccc23)cc1. The molecule has 1 amide bonds. The van der Waals surface area contributed by atoms with Crippen molar-refractivity contribution in [2.45, 2.75) is 5.92 Å². The van der Waals surface area contributed by atoms with Crippen molar-refractivity contribution in [3.05, 3.63) is 90.0 Å². The highest BCUT2D eigenvalue weighted by molar-refractivity contribution is 5.91. The number of methoxy groups -OCH3 is 1. The van der Waals surface area contributed by atoms with E-state index in [0.717, 1.165) is 27.8 Å². The number of carbonyl (C=O) groups is 2. The van der Waals surface area contributed by atoms with Crippen molar-refractivity contribution in [2.75, 3.05) is 20.3 Å². The van der Waals surface area contributed by atoms with Gasteiger partial charge in [0.05, 0.1) is 18.9 Å². The summed E-state index contributed by atoms with van der Waals surface area (Å²) >= 11 is 0. The molecule has 0 bridgehead atoms. The number of amides is 1. The van der Waals surface area contributed by atoms with Gasteiger partial charge in [-0.3, -0.25) is 4.79 Å². The molecule has 158 valence electrons. The van der Waals surface area contributed by atoms with Crippen LogP contribution in [0.2, 0.25) is 0 Å². The van der Waals surface area contributed by atoms with Crippen LogP contribution in [0.5, 0.6) is 5.75 Å². The average molecular weight is 418 g/mol. The lowest BCUT2D eigenvalue weighted by Crippen LogP contribution is -2.32. The normalized spacial score (nSPS) is 11.8. The molecule has 0 saturated heterocycles. The van der Waals surface area contributed by atoms with Gasteiger partial charge in [0.25, 0.3) is 5.91 Å². The predicted octanol–water partition coefficient (Wildman–Crippen LogP) is 3.87. The van der Waals surface area contributed by atoms with E-state index < -0.39 is 5.97 Å². The molecule has 0 spiro atoms. The molecule has 2 N–H and O–H groups in total. The van der Waals surface area contributed by atoms with Crippen LogP contribution < -0.4 is 10.1 Å². The first-order chi connectivity index (χ1) is 15.2. The molecule has 0 aliphatic heterocycles. The Balaban J connectivity index is 1.49. The molecule has 4 aromatic rings. The summed E-state index contributed by atoms with van der Waals surface area (Å²) < 4.78 is 15.2. The number of aromatic nitrogens is 1. The average Bonchev–Trinajstić information content (AvgIpc) is 3.49. The number of hydrogen-bond acceptors (Lipinski definition) is 5. The molecular weight excluding hydrogens is 396 g/mol. The van der Waals surface area contributed by atoms with Crippen molar-refractivity contribution in [1.29, 1.82) is 0 Å². The van der Waals surface area contributed by atoms with Crippen LogP contribution in [-0.4, -0.2) is 37.1 Å². The Hall–Kier alpha value is -4.00. The van der Waals surface area contributed by atoms with Crippen molar-refractivity contribution in [3.8, 4) is 5.75 Å². The predicted molar refractivity (Wildman–Crippen MR) is 115 cm³/mol. The molecule has 2 aromatic heterocycles. The van der Waals surface area contributed by atoms with E-state index in [-0.39, 0.29) is 24.0 Å². The number of para-hydroxylation sites is 1. The zero-order valence-corrected chi connectivity index (χ0v) is 17.0. The zero-order chi connectivity index (χ0) is 21.6. The number of fused-ring (bicyclic) bond motifs is 1. The van der Waals surface area contributed by atoms with Gasteiger partial charge >= 0.3 is 5.97 Å². The third kappa shape index (κ3) is 4.61. The fourth-order valence-electron chi connectivity index (χ4n) is 3.49. The van der Waals surface area contributed by atoms with Gasteiger partial charge in [-0.25, -0.2) is 4.79 Å². The number of nitrogens with one attached hydrogen (secondary N) is 2. The number of hydrogen-bond donors (Lipinski definition) is 2. The minimum atomic E-state index is -0.604. The zero-order valence-electron chi connectivity index (χ0n) is 17.0. The second-order valence-electron chi connectivity index (χ2n) is 7.01. The second-order valence-corrected chi connectivity index (χ2v) is 7.01. The molecule has 0 fully saturated rings. The Bertz CT molecular complexity index is 1160. The molecule has 7 heteroatoms. The van der Waals surface area contributed by atoms with Gasteiger partial charge in [-0.2, -0.15) is 0 Å². The second kappa shape index (κ2) is 9.21. The Labute approximate surface area is 179 Å². The summed E-state index contributed by atoms with van der Waals surface area (Å²) in [5.41, 5.74) is 3.39. The maximum absolute atomic E-state index is 12.3. The molecule has 1 atom stereocenters. The Morgan fingerprint density at radius 2 is 1.90 bits per heavy atom. The molecule has 7 nitrogen and oxygen atoms in total. The van der Waals surface area contributed by atoms with Crippen LogP contribution in [0.4, 0.5) is 0 Å². The summed E-state index contributed by atoms with van der Waals surface area (Å²) in [5, 5.41) is 3.97. The minimum absolute atomic E-state index is 0.101. The van der Waals surface area contributed by atoms with Gasteiger partial charge in [-0.15, -0.1) is 0 Å². The van der Waals surface area contributed by atoms with E-state index in [9.17, 15) is 9.59 Å². The highest BCUT2D eigenvalue weighted by Gasteiger charge is 2.20. The van der Waals surface area contributed by atoms with Crippen molar-refractivity contribution < 1.29 is 23.5 Å². The molecule has 0 aliphatic carbocycles. The number of H-pyrrole nitrogens is 1. The van der Waals surface area contributed by atoms with Crippen LogP contribution in [-0.2, 0) is 9.53 Å². The number of carbonyl (C=O) groups excluding carboxylic acids is 2. The van der Waals surface area contributed by atoms with Crippen molar-refractivity contribution in [3.63, 3.8) is 0 Å². The van der Waals surface area contributed by atoms with Gasteiger partial charge in [0.1, 0.15) is 12.0 Å². The van der Waals surface area contributed by atoms with Gasteiger partial charge in [0, 0.05) is 29.6 Å². The molecule has 0 unspecified atom stereocenters. The van der Waals surface area contributed by atoms with Crippen molar-refractivity contribution in [2.24, 2.45) is 0 Å². The van der Waals surface area contributed by atoms with Crippen LogP contribution in [0.25, 0.3) is 10.9 Å². The fourth-order valence-corrected chi connectivity index (χ4v) is 3.49. The van der Waals surface area contributed by atoms with Crippen LogP contribution >= 0.6 is 0 Å². The van der Waals surface area contributed by atoms with E-state index in [4.69, 9.17) is 13.9 Å². The van der Waals surface area contributed by atoms with Crippen LogP contribution in [0.3, 0.4) is 0 Å². The Morgan fingerprint density at radius 1 is 1.10 bits per heavy atom. The van der Waals surface area contributed by atoms with Crippen LogP contribution in [0, 0.1) is 0 Å². The van der Waals surface area contributed by atoms with Gasteiger partial charge in [-0.1, -0.05) is 30.3 Å². The lowest BCUT2D eigenvalue weighted by atomic mass is 9.91. The first-order valence-corrected chi connectivity index (χ1v) is 9.81. The third-order valence-corrected chi connectivity index (χ3v) is 5.11. The van der Waals surface area contributed by atoms with E-state index in [1.54, 1.807) is 7.11 Å². The van der Waals surface area contributed by atoms with Crippen molar-refractivity contribution >= 4 is 22.8 Å². The number of esters is 1. The number of aromatic amines is 1. The van der Waals surface area contributed by atoms with Gasteiger partial charge in [0.15, 0.2) is 6.61 Å². The monoisotopic (exact) mass is 418 g/mol. The fraction of sp³-hybridized carbons (Fsp3) is 0.167. The number of rotatable bonds is 8. The minimum Gasteiger partial charge on any atom is -0.497 e. The number of furan rings is 1. The molecular formula is C24H22N2O5. The van der Waals surface area contributed by atoms with E-state index >= 15 is 0 Å². The topological polar surface area (TPSA) is 93.6 Å². The summed E-state index contributed by atoms with van der Waals surface area (Å²) in [7, 11) is 1.62. The largest absolute Gasteiger partial charge is 0.497 e. The lowest BCUT2D eigenvalue weighted by Gasteiger charge is -2.18. The summed E-state index contributed by atoms with van der Waals surface area (Å²) in [6.07, 6.45) is 4.61. The maximum Gasteiger partial charge on any atom is 0.341 e. The molecule has 4 rings (SSSR count). The Kier molecular flexibility index (Phi) is 6.03. The number of ether oxygens (including phenoxy) is 2. The summed E-state index contributed by atoms with van der Waals surface area (Å²) in [6, 6.07) is 17.3. The first-order valence-electron chi connectivity index (χ1n) is 9.81. The molecule has 0 saturated carbocycles. The molecule has 2 heterocycles. The van der Waals surface area contributed by atoms with E-state index in [0.29, 0.717) is 6.54 Å². The maximum atomic E-state index is 12.3. The summed E-state index contributed by atoms with van der Waals surface area (Å²) in [6.45, 7) is -0.0243. The Morgan fingerprint density at radius 3 is 2.65 bits per heavy atom. The van der Waals surface area contributed by atoms with E-state index in [1.165, 1.54) is 18.6 Å². The summed E-state index contributed by atoms with van der Waals surface area (Å²) in [5.74, 6) is -0.324. The highest BCUT2D eigenvalue weighted by atomic mass is 16.5. The van der Waals surface area contributed by atoms with Gasteiger partial charge < -0.3 is 24.2 Å². The van der Waals surface area contributed by atoms with Gasteiger partial charge in [0.2, 0.25) is 0 Å². The lowest BCUT2D eigenvalue weighted by molar-refractivity contribution is -0.124. The van der Waals surface area contributed by atoms with Gasteiger partial charge in [-0.05, 0) is 35.4 Å². The standard InChI is InChI=1S/C24H22N2O5/c1-29-18-8-6-16(7-9-18)20(21-13-25-22-5-3-2-4-19(21)22)12-26-23(27)15-31-24(28)17-10-11-30-14-17/h2-11,13-14,20,25H,12,15H2,1H3,(H,26,27)/t20-/m1/s1. The van der Waals surface area contributed by atoms with E-state index in [1.807, 2.05) is 54.7 Å². The quantitative estimate of drug-likeness (QED) is 0.424. The van der Waals surface area contributed by atoms with Crippen molar-refractivity contribution in [1.82, 2.24) is 10.3 Å². The smallest absolute Gasteiger partial charge is 0.341 e. The highest BCUT2D eigenvalue weighted by Crippen LogP contribution is 2.31. The third-order valence-electron chi connectivity index (χ3n) is 5.11. The van der Waals surface area contributed by atoms with Crippen LogP contribution in [0.15, 0.2) is 77.7 Å². The van der Waals surface area contributed by atoms with E-state index in [2.05, 4.69) is 10.3 Å².